The number of nitrogens with one attached hydrogen (secondary N) is 1. The summed E-state index contributed by atoms with van der Waals surface area (Å²) >= 11 is 0. The van der Waals surface area contributed by atoms with Gasteiger partial charge in [0, 0.05) is 30.8 Å². The number of hydrogen-bond donors (Lipinski definition) is 1. The highest BCUT2D eigenvalue weighted by Crippen LogP contribution is 2.26. The second kappa shape index (κ2) is 9.12. The van der Waals surface area contributed by atoms with Crippen molar-refractivity contribution < 1.29 is 22.7 Å². The summed E-state index contributed by atoms with van der Waals surface area (Å²) in [5.41, 5.74) is 3.25. The maximum absolute atomic E-state index is 12.5. The van der Waals surface area contributed by atoms with E-state index >= 15 is 0 Å². The van der Waals surface area contributed by atoms with E-state index in [9.17, 15) is 18.0 Å². The summed E-state index contributed by atoms with van der Waals surface area (Å²) in [5, 5.41) is 7.19. The van der Waals surface area contributed by atoms with Crippen molar-refractivity contribution in [3.05, 3.63) is 46.8 Å². The van der Waals surface area contributed by atoms with Gasteiger partial charge in [0.2, 0.25) is 5.91 Å². The van der Waals surface area contributed by atoms with Crippen molar-refractivity contribution in [1.29, 1.82) is 0 Å². The number of rotatable bonds is 8. The summed E-state index contributed by atoms with van der Waals surface area (Å²) in [6.45, 7) is 8.92. The van der Waals surface area contributed by atoms with Gasteiger partial charge >= 0.3 is 6.36 Å². The summed E-state index contributed by atoms with van der Waals surface area (Å²) in [6, 6.07) is 5.77. The van der Waals surface area contributed by atoms with Crippen LogP contribution in [0.4, 0.5) is 13.2 Å². The Morgan fingerprint density at radius 1 is 1.25 bits per heavy atom. The van der Waals surface area contributed by atoms with E-state index in [1.165, 1.54) is 18.2 Å². The molecular weight excluding hydrogens is 371 g/mol. The van der Waals surface area contributed by atoms with Gasteiger partial charge in [0.05, 0.1) is 5.69 Å². The topological polar surface area (TPSA) is 56.2 Å². The fourth-order valence-electron chi connectivity index (χ4n) is 3.01. The zero-order valence-electron chi connectivity index (χ0n) is 16.6. The fraction of sp³-hybridized carbons (Fsp3) is 0.500. The molecule has 0 saturated carbocycles. The van der Waals surface area contributed by atoms with E-state index in [4.69, 9.17) is 0 Å². The second-order valence-corrected chi connectivity index (χ2v) is 7.16. The molecule has 0 unspecified atom stereocenters. The number of carbonyl (C=O) groups is 1. The van der Waals surface area contributed by atoms with Gasteiger partial charge in [0.15, 0.2) is 0 Å². The van der Waals surface area contributed by atoms with Gasteiger partial charge in [-0.15, -0.1) is 13.2 Å². The molecule has 0 saturated heterocycles. The molecular formula is C20H26F3N3O2. The quantitative estimate of drug-likeness (QED) is 0.722. The normalized spacial score (nSPS) is 11.7. The van der Waals surface area contributed by atoms with E-state index in [0.717, 1.165) is 23.5 Å². The molecule has 2 aromatic rings. The van der Waals surface area contributed by atoms with Gasteiger partial charge in [-0.05, 0) is 37.8 Å². The van der Waals surface area contributed by atoms with Gasteiger partial charge in [0.25, 0.3) is 0 Å². The van der Waals surface area contributed by atoms with E-state index in [1.807, 2.05) is 18.5 Å². The van der Waals surface area contributed by atoms with Crippen LogP contribution in [0.5, 0.6) is 5.75 Å². The van der Waals surface area contributed by atoms with Crippen LogP contribution in [0.2, 0.25) is 0 Å². The van der Waals surface area contributed by atoms with E-state index in [-0.39, 0.29) is 30.2 Å². The molecule has 0 bridgehead atoms. The van der Waals surface area contributed by atoms with Crippen molar-refractivity contribution >= 4 is 5.91 Å². The zero-order valence-corrected chi connectivity index (χ0v) is 16.6. The fourth-order valence-corrected chi connectivity index (χ4v) is 3.01. The van der Waals surface area contributed by atoms with Crippen molar-refractivity contribution in [2.75, 3.05) is 0 Å². The average molecular weight is 397 g/mol. The summed E-state index contributed by atoms with van der Waals surface area (Å²) in [4.78, 5) is 12.2. The summed E-state index contributed by atoms with van der Waals surface area (Å²) in [5.74, 6) is -0.0812. The number of para-hydroxylation sites is 1. The number of alkyl halides is 3. The van der Waals surface area contributed by atoms with Crippen LogP contribution in [0.3, 0.4) is 0 Å². The van der Waals surface area contributed by atoms with Crippen LogP contribution in [0, 0.1) is 19.8 Å². The van der Waals surface area contributed by atoms with Crippen LogP contribution in [0.15, 0.2) is 24.3 Å². The van der Waals surface area contributed by atoms with Crippen LogP contribution < -0.4 is 10.1 Å². The SMILES string of the molecule is Cc1nn(CC(C)C)c(C)c1CCC(=O)NCc1ccccc1OC(F)(F)F. The lowest BCUT2D eigenvalue weighted by Gasteiger charge is -2.13. The number of amides is 1. The Kier molecular flexibility index (Phi) is 7.10. The van der Waals surface area contributed by atoms with Gasteiger partial charge < -0.3 is 10.1 Å². The highest BCUT2D eigenvalue weighted by molar-refractivity contribution is 5.76. The number of nitrogens with zero attached hydrogens (tertiary/aromatic N) is 2. The van der Waals surface area contributed by atoms with Crippen LogP contribution in [0.25, 0.3) is 0 Å². The molecule has 1 N–H and O–H groups in total. The molecule has 0 spiro atoms. The van der Waals surface area contributed by atoms with Crippen molar-refractivity contribution in [2.24, 2.45) is 5.92 Å². The predicted octanol–water partition coefficient (Wildman–Crippen LogP) is 4.30. The number of ether oxygens (including phenoxy) is 1. The Morgan fingerprint density at radius 3 is 2.57 bits per heavy atom. The lowest BCUT2D eigenvalue weighted by Crippen LogP contribution is -2.24. The minimum absolute atomic E-state index is 0.0321. The van der Waals surface area contributed by atoms with Crippen LogP contribution in [-0.4, -0.2) is 22.1 Å². The van der Waals surface area contributed by atoms with E-state index in [1.54, 1.807) is 6.07 Å². The van der Waals surface area contributed by atoms with E-state index < -0.39 is 6.36 Å². The van der Waals surface area contributed by atoms with Crippen molar-refractivity contribution in [3.63, 3.8) is 0 Å². The Morgan fingerprint density at radius 2 is 1.93 bits per heavy atom. The van der Waals surface area contributed by atoms with Crippen molar-refractivity contribution in [1.82, 2.24) is 15.1 Å². The number of hydrogen-bond acceptors (Lipinski definition) is 3. The highest BCUT2D eigenvalue weighted by atomic mass is 19.4. The third-order valence-electron chi connectivity index (χ3n) is 4.35. The molecule has 154 valence electrons. The van der Waals surface area contributed by atoms with Gasteiger partial charge in [-0.3, -0.25) is 9.48 Å². The monoisotopic (exact) mass is 397 g/mol. The standard InChI is InChI=1S/C20H26F3N3O2/c1-13(2)12-26-15(4)17(14(3)25-26)9-10-19(27)24-11-16-7-5-6-8-18(16)28-20(21,22)23/h5-8,13H,9-12H2,1-4H3,(H,24,27). The number of aromatic nitrogens is 2. The Hall–Kier alpha value is -2.51. The first-order valence-electron chi connectivity index (χ1n) is 9.20. The second-order valence-electron chi connectivity index (χ2n) is 7.16. The maximum atomic E-state index is 12.5. The van der Waals surface area contributed by atoms with Crippen molar-refractivity contribution in [3.8, 4) is 5.75 Å². The van der Waals surface area contributed by atoms with E-state index in [2.05, 4.69) is 29.0 Å². The summed E-state index contributed by atoms with van der Waals surface area (Å²) < 4.78 is 43.4. The molecule has 1 aromatic carbocycles. The smallest absolute Gasteiger partial charge is 0.405 e. The molecule has 1 aromatic heterocycles. The largest absolute Gasteiger partial charge is 0.573 e. The van der Waals surface area contributed by atoms with Gasteiger partial charge in [-0.2, -0.15) is 5.10 Å². The first-order valence-corrected chi connectivity index (χ1v) is 9.20. The third kappa shape index (κ3) is 6.28. The number of carbonyl (C=O) groups excluding carboxylic acids is 1. The maximum Gasteiger partial charge on any atom is 0.573 e. The molecule has 1 amide bonds. The molecule has 0 aliphatic rings. The first kappa shape index (κ1) is 21.8. The molecule has 8 heteroatoms. The minimum atomic E-state index is -4.77. The van der Waals surface area contributed by atoms with E-state index in [0.29, 0.717) is 12.3 Å². The molecule has 28 heavy (non-hydrogen) atoms. The van der Waals surface area contributed by atoms with Gasteiger partial charge in [-0.25, -0.2) is 0 Å². The van der Waals surface area contributed by atoms with Crippen molar-refractivity contribution in [2.45, 2.75) is 60.0 Å². The summed E-state index contributed by atoms with van der Waals surface area (Å²) in [6.07, 6.45) is -4.01. The minimum Gasteiger partial charge on any atom is -0.405 e. The molecule has 5 nitrogen and oxygen atoms in total. The Bertz CT molecular complexity index is 814. The zero-order chi connectivity index (χ0) is 20.9. The van der Waals surface area contributed by atoms with Gasteiger partial charge in [0.1, 0.15) is 5.75 Å². The molecule has 0 radical (unpaired) electrons. The number of aryl methyl sites for hydroxylation is 1. The lowest BCUT2D eigenvalue weighted by atomic mass is 10.1. The molecule has 0 fully saturated rings. The number of benzene rings is 1. The highest BCUT2D eigenvalue weighted by Gasteiger charge is 2.32. The first-order chi connectivity index (χ1) is 13.1. The summed E-state index contributed by atoms with van der Waals surface area (Å²) in [7, 11) is 0. The molecule has 0 aliphatic heterocycles. The van der Waals surface area contributed by atoms with Crippen LogP contribution in [-0.2, 0) is 24.3 Å². The van der Waals surface area contributed by atoms with Gasteiger partial charge in [-0.1, -0.05) is 32.0 Å². The van der Waals surface area contributed by atoms with Crippen LogP contribution in [0.1, 0.15) is 42.8 Å². The predicted molar refractivity (Wildman–Crippen MR) is 99.8 cm³/mol. The third-order valence-corrected chi connectivity index (χ3v) is 4.35. The average Bonchev–Trinajstić information content (AvgIpc) is 2.83. The number of halogens is 3. The van der Waals surface area contributed by atoms with Crippen LogP contribution >= 0.6 is 0 Å². The molecule has 0 aliphatic carbocycles. The Balaban J connectivity index is 1.93. The lowest BCUT2D eigenvalue weighted by molar-refractivity contribution is -0.274. The molecule has 2 rings (SSSR count). The molecule has 0 atom stereocenters. The Labute approximate surface area is 162 Å². The molecule has 1 heterocycles.